The van der Waals surface area contributed by atoms with Crippen molar-refractivity contribution in [2.45, 2.75) is 32.3 Å². The molecule has 0 aromatic heterocycles. The minimum Gasteiger partial charge on any atom is -0.478 e. The SMILES string of the molecule is CC(C)c1ccccc1O[C@@H](Cc1cccc([N+](=O)[O-])c1)C(=O)O. The molecule has 0 aliphatic heterocycles. The van der Waals surface area contributed by atoms with Gasteiger partial charge in [0.15, 0.2) is 6.10 Å². The number of ether oxygens (including phenoxy) is 1. The molecule has 6 heteroatoms. The summed E-state index contributed by atoms with van der Waals surface area (Å²) in [5, 5.41) is 20.3. The molecule has 6 nitrogen and oxygen atoms in total. The molecule has 2 aromatic carbocycles. The Morgan fingerprint density at radius 1 is 1.21 bits per heavy atom. The number of hydrogen-bond donors (Lipinski definition) is 1. The lowest BCUT2D eigenvalue weighted by molar-refractivity contribution is -0.384. The molecule has 0 radical (unpaired) electrons. The number of carbonyl (C=O) groups is 1. The van der Waals surface area contributed by atoms with Crippen LogP contribution in [0.25, 0.3) is 0 Å². The standard InChI is InChI=1S/C18H19NO5/c1-12(2)15-8-3-4-9-16(15)24-17(18(20)21)11-13-6-5-7-14(10-13)19(22)23/h3-10,12,17H,11H2,1-2H3,(H,20,21)/t17-/m0/s1. The number of hydrogen-bond acceptors (Lipinski definition) is 4. The summed E-state index contributed by atoms with van der Waals surface area (Å²) < 4.78 is 5.70. The number of para-hydroxylation sites is 1. The Hall–Kier alpha value is -2.89. The first-order chi connectivity index (χ1) is 11.4. The van der Waals surface area contributed by atoms with Crippen molar-refractivity contribution in [2.75, 3.05) is 0 Å². The molecule has 0 spiro atoms. The van der Waals surface area contributed by atoms with Gasteiger partial charge in [0.2, 0.25) is 0 Å². The second kappa shape index (κ2) is 7.59. The topological polar surface area (TPSA) is 89.7 Å². The van der Waals surface area contributed by atoms with Crippen LogP contribution in [0.15, 0.2) is 48.5 Å². The first-order valence-corrected chi connectivity index (χ1v) is 7.60. The van der Waals surface area contributed by atoms with E-state index in [1.807, 2.05) is 26.0 Å². The van der Waals surface area contributed by atoms with Gasteiger partial charge in [-0.1, -0.05) is 44.2 Å². The smallest absolute Gasteiger partial charge is 0.345 e. The van der Waals surface area contributed by atoms with E-state index in [0.29, 0.717) is 11.3 Å². The molecule has 0 saturated heterocycles. The van der Waals surface area contributed by atoms with Gasteiger partial charge in [-0.05, 0) is 23.1 Å². The average molecular weight is 329 g/mol. The van der Waals surface area contributed by atoms with Crippen LogP contribution in [-0.2, 0) is 11.2 Å². The maximum atomic E-state index is 11.5. The van der Waals surface area contributed by atoms with Gasteiger partial charge in [0.1, 0.15) is 5.75 Å². The summed E-state index contributed by atoms with van der Waals surface area (Å²) >= 11 is 0. The van der Waals surface area contributed by atoms with Crippen LogP contribution >= 0.6 is 0 Å². The summed E-state index contributed by atoms with van der Waals surface area (Å²) in [5.74, 6) is -0.404. The first kappa shape index (κ1) is 17.5. The fourth-order valence-electron chi connectivity index (χ4n) is 2.41. The van der Waals surface area contributed by atoms with Gasteiger partial charge < -0.3 is 9.84 Å². The zero-order valence-electron chi connectivity index (χ0n) is 13.5. The number of non-ortho nitro benzene ring substituents is 1. The fraction of sp³-hybridized carbons (Fsp3) is 0.278. The number of nitro groups is 1. The van der Waals surface area contributed by atoms with E-state index in [0.717, 1.165) is 5.56 Å². The van der Waals surface area contributed by atoms with E-state index in [1.54, 1.807) is 18.2 Å². The Labute approximate surface area is 139 Å². The number of nitrogens with zero attached hydrogens (tertiary/aromatic N) is 1. The Morgan fingerprint density at radius 2 is 1.92 bits per heavy atom. The lowest BCUT2D eigenvalue weighted by Gasteiger charge is -2.19. The Kier molecular flexibility index (Phi) is 5.52. The zero-order valence-corrected chi connectivity index (χ0v) is 13.5. The molecule has 0 fully saturated rings. The molecule has 24 heavy (non-hydrogen) atoms. The maximum absolute atomic E-state index is 11.5. The zero-order chi connectivity index (χ0) is 17.7. The normalized spacial score (nSPS) is 12.0. The third kappa shape index (κ3) is 4.32. The van der Waals surface area contributed by atoms with Crippen molar-refractivity contribution >= 4 is 11.7 Å². The highest BCUT2D eigenvalue weighted by atomic mass is 16.6. The fourth-order valence-corrected chi connectivity index (χ4v) is 2.41. The summed E-state index contributed by atoms with van der Waals surface area (Å²) in [6, 6.07) is 13.2. The lowest BCUT2D eigenvalue weighted by atomic mass is 10.0. The average Bonchev–Trinajstić information content (AvgIpc) is 2.54. The number of benzene rings is 2. The highest BCUT2D eigenvalue weighted by Gasteiger charge is 2.22. The van der Waals surface area contributed by atoms with E-state index in [-0.39, 0.29) is 18.0 Å². The molecule has 0 aliphatic rings. The van der Waals surface area contributed by atoms with Crippen LogP contribution in [-0.4, -0.2) is 22.1 Å². The van der Waals surface area contributed by atoms with Gasteiger partial charge in [0.25, 0.3) is 5.69 Å². The van der Waals surface area contributed by atoms with Gasteiger partial charge in [-0.3, -0.25) is 10.1 Å². The van der Waals surface area contributed by atoms with Crippen LogP contribution in [0.1, 0.15) is 30.9 Å². The van der Waals surface area contributed by atoms with Crippen molar-refractivity contribution in [1.29, 1.82) is 0 Å². The van der Waals surface area contributed by atoms with Gasteiger partial charge in [0, 0.05) is 18.6 Å². The molecule has 2 rings (SSSR count). The third-order valence-corrected chi connectivity index (χ3v) is 3.63. The third-order valence-electron chi connectivity index (χ3n) is 3.63. The minimum atomic E-state index is -1.12. The summed E-state index contributed by atoms with van der Waals surface area (Å²) in [7, 11) is 0. The predicted molar refractivity (Wildman–Crippen MR) is 89.4 cm³/mol. The largest absolute Gasteiger partial charge is 0.478 e. The molecular weight excluding hydrogens is 310 g/mol. The number of aliphatic carboxylic acids is 1. The molecule has 0 bridgehead atoms. The molecule has 2 aromatic rings. The van der Waals surface area contributed by atoms with Crippen LogP contribution in [0, 0.1) is 10.1 Å². The molecule has 1 N–H and O–H groups in total. The highest BCUT2D eigenvalue weighted by molar-refractivity contribution is 5.73. The highest BCUT2D eigenvalue weighted by Crippen LogP contribution is 2.27. The number of carboxylic acids is 1. The van der Waals surface area contributed by atoms with E-state index >= 15 is 0 Å². The van der Waals surface area contributed by atoms with Gasteiger partial charge in [-0.15, -0.1) is 0 Å². The molecule has 0 heterocycles. The number of nitro benzene ring substituents is 1. The predicted octanol–water partition coefficient (Wildman–Crippen LogP) is 3.79. The van der Waals surface area contributed by atoms with E-state index in [1.165, 1.54) is 18.2 Å². The van der Waals surface area contributed by atoms with Crippen LogP contribution in [0.5, 0.6) is 5.75 Å². The summed E-state index contributed by atoms with van der Waals surface area (Å²) in [6.45, 7) is 4.00. The quantitative estimate of drug-likeness (QED) is 0.616. The Morgan fingerprint density at radius 3 is 2.54 bits per heavy atom. The van der Waals surface area contributed by atoms with E-state index in [2.05, 4.69) is 0 Å². The van der Waals surface area contributed by atoms with Crippen molar-refractivity contribution < 1.29 is 19.6 Å². The maximum Gasteiger partial charge on any atom is 0.345 e. The Bertz CT molecular complexity index is 742. The molecule has 0 saturated carbocycles. The van der Waals surface area contributed by atoms with Crippen molar-refractivity contribution in [3.8, 4) is 5.75 Å². The lowest BCUT2D eigenvalue weighted by Crippen LogP contribution is -2.29. The van der Waals surface area contributed by atoms with Crippen molar-refractivity contribution in [3.05, 3.63) is 69.8 Å². The molecule has 126 valence electrons. The first-order valence-electron chi connectivity index (χ1n) is 7.60. The van der Waals surface area contributed by atoms with Crippen molar-refractivity contribution in [3.63, 3.8) is 0 Å². The molecule has 0 aliphatic carbocycles. The second-order valence-electron chi connectivity index (χ2n) is 5.77. The van der Waals surface area contributed by atoms with Crippen LogP contribution in [0.4, 0.5) is 5.69 Å². The van der Waals surface area contributed by atoms with Gasteiger partial charge in [-0.2, -0.15) is 0 Å². The van der Waals surface area contributed by atoms with Crippen molar-refractivity contribution in [1.82, 2.24) is 0 Å². The van der Waals surface area contributed by atoms with Gasteiger partial charge >= 0.3 is 5.97 Å². The summed E-state index contributed by atoms with van der Waals surface area (Å²) in [4.78, 5) is 21.9. The van der Waals surface area contributed by atoms with Crippen LogP contribution in [0.2, 0.25) is 0 Å². The molecule has 0 amide bonds. The van der Waals surface area contributed by atoms with E-state index in [4.69, 9.17) is 4.74 Å². The van der Waals surface area contributed by atoms with E-state index < -0.39 is 17.0 Å². The van der Waals surface area contributed by atoms with E-state index in [9.17, 15) is 20.0 Å². The molecular formula is C18H19NO5. The van der Waals surface area contributed by atoms with Crippen molar-refractivity contribution in [2.24, 2.45) is 0 Å². The number of rotatable bonds is 7. The Balaban J connectivity index is 2.24. The van der Waals surface area contributed by atoms with Crippen LogP contribution in [0.3, 0.4) is 0 Å². The summed E-state index contributed by atoms with van der Waals surface area (Å²) in [5.41, 5.74) is 1.39. The monoisotopic (exact) mass is 329 g/mol. The second-order valence-corrected chi connectivity index (χ2v) is 5.77. The van der Waals surface area contributed by atoms with Crippen LogP contribution < -0.4 is 4.74 Å². The molecule has 0 unspecified atom stereocenters. The van der Waals surface area contributed by atoms with Gasteiger partial charge in [-0.25, -0.2) is 4.79 Å². The summed E-state index contributed by atoms with van der Waals surface area (Å²) in [6.07, 6.45) is -1.07. The molecule has 1 atom stereocenters. The van der Waals surface area contributed by atoms with Gasteiger partial charge in [0.05, 0.1) is 4.92 Å². The minimum absolute atomic E-state index is 0.0451. The number of carboxylic acid groups (broad SMARTS) is 1.